The molecule has 0 unspecified atom stereocenters. The molecular weight excluding hydrogens is 286 g/mol. The number of quaternary nitrogens is 1. The summed E-state index contributed by atoms with van der Waals surface area (Å²) in [5.74, 6) is 0.470. The van der Waals surface area contributed by atoms with Gasteiger partial charge in [0, 0.05) is 12.8 Å². The predicted molar refractivity (Wildman–Crippen MR) is 79.2 cm³/mol. The minimum absolute atomic E-state index is 0.0826. The smallest absolute Gasteiger partial charge is 0.220 e. The first-order valence-electron chi connectivity index (χ1n) is 7.71. The van der Waals surface area contributed by atoms with Crippen LogP contribution in [-0.4, -0.2) is 51.2 Å². The second kappa shape index (κ2) is 9.22. The van der Waals surface area contributed by atoms with Crippen LogP contribution in [0.25, 0.3) is 0 Å². The zero-order valence-corrected chi connectivity index (χ0v) is 12.7. The third kappa shape index (κ3) is 6.28. The summed E-state index contributed by atoms with van der Waals surface area (Å²) in [6.45, 7) is 5.46. The molecule has 0 atom stereocenters. The number of carbonyl (C=O) groups excluding carboxylic acids is 2. The molecule has 0 saturated carbocycles. The van der Waals surface area contributed by atoms with Crippen LogP contribution in [0, 0.1) is 0 Å². The van der Waals surface area contributed by atoms with E-state index in [4.69, 9.17) is 9.15 Å². The molecule has 7 heteroatoms. The number of ether oxygens (including phenoxy) is 1. The van der Waals surface area contributed by atoms with Gasteiger partial charge < -0.3 is 24.7 Å². The number of amides is 2. The van der Waals surface area contributed by atoms with Crippen molar-refractivity contribution >= 4 is 11.8 Å². The van der Waals surface area contributed by atoms with Crippen molar-refractivity contribution in [2.24, 2.45) is 0 Å². The first kappa shape index (κ1) is 16.5. The van der Waals surface area contributed by atoms with Gasteiger partial charge in [-0.3, -0.25) is 9.59 Å². The molecule has 1 aliphatic rings. The van der Waals surface area contributed by atoms with Gasteiger partial charge in [0.15, 0.2) is 0 Å². The number of furan rings is 1. The highest BCUT2D eigenvalue weighted by molar-refractivity contribution is 5.83. The molecule has 0 aromatic carbocycles. The van der Waals surface area contributed by atoms with Gasteiger partial charge in [-0.05, 0) is 12.1 Å². The second-order valence-electron chi connectivity index (χ2n) is 5.32. The zero-order chi connectivity index (χ0) is 15.6. The van der Waals surface area contributed by atoms with Gasteiger partial charge in [0.25, 0.3) is 0 Å². The van der Waals surface area contributed by atoms with E-state index in [2.05, 4.69) is 10.6 Å². The van der Waals surface area contributed by atoms with E-state index in [0.29, 0.717) is 18.8 Å². The average Bonchev–Trinajstić information content (AvgIpc) is 3.05. The Bertz CT molecular complexity index is 455. The number of nitrogens with one attached hydrogen (secondary N) is 3. The Morgan fingerprint density at radius 2 is 1.86 bits per heavy atom. The summed E-state index contributed by atoms with van der Waals surface area (Å²) in [4.78, 5) is 24.7. The molecule has 1 aromatic heterocycles. The summed E-state index contributed by atoms with van der Waals surface area (Å²) in [5.41, 5.74) is 0. The fraction of sp³-hybridized carbons (Fsp3) is 0.600. The van der Waals surface area contributed by atoms with Crippen LogP contribution < -0.4 is 15.5 Å². The van der Waals surface area contributed by atoms with Crippen LogP contribution in [0.1, 0.15) is 18.6 Å². The van der Waals surface area contributed by atoms with Crippen molar-refractivity contribution in [3.63, 3.8) is 0 Å². The maximum absolute atomic E-state index is 11.7. The lowest BCUT2D eigenvalue weighted by Crippen LogP contribution is -3.14. The van der Waals surface area contributed by atoms with Crippen molar-refractivity contribution < 1.29 is 23.6 Å². The first-order chi connectivity index (χ1) is 10.7. The van der Waals surface area contributed by atoms with Crippen LogP contribution in [0.5, 0.6) is 0 Å². The van der Waals surface area contributed by atoms with Crippen molar-refractivity contribution in [3.05, 3.63) is 24.2 Å². The van der Waals surface area contributed by atoms with E-state index < -0.39 is 0 Å². The number of hydrogen-bond donors (Lipinski definition) is 3. The topological polar surface area (TPSA) is 85.0 Å². The zero-order valence-electron chi connectivity index (χ0n) is 12.7. The number of rotatable bonds is 8. The van der Waals surface area contributed by atoms with Crippen molar-refractivity contribution in [1.82, 2.24) is 10.6 Å². The van der Waals surface area contributed by atoms with Crippen molar-refractivity contribution in [2.75, 3.05) is 39.4 Å². The molecule has 3 N–H and O–H groups in total. The van der Waals surface area contributed by atoms with E-state index in [-0.39, 0.29) is 24.7 Å². The van der Waals surface area contributed by atoms with Gasteiger partial charge >= 0.3 is 0 Å². The molecule has 1 fully saturated rings. The Morgan fingerprint density at radius 1 is 1.14 bits per heavy atom. The van der Waals surface area contributed by atoms with Gasteiger partial charge in [-0.2, -0.15) is 0 Å². The molecule has 7 nitrogen and oxygen atoms in total. The molecule has 0 spiro atoms. The van der Waals surface area contributed by atoms with Crippen LogP contribution in [0.3, 0.4) is 0 Å². The highest BCUT2D eigenvalue weighted by atomic mass is 16.5. The van der Waals surface area contributed by atoms with Gasteiger partial charge in [0.2, 0.25) is 11.8 Å². The van der Waals surface area contributed by atoms with Gasteiger partial charge in [-0.1, -0.05) is 0 Å². The Balaban J connectivity index is 1.50. The van der Waals surface area contributed by atoms with Crippen molar-refractivity contribution in [3.8, 4) is 0 Å². The first-order valence-corrected chi connectivity index (χ1v) is 7.71. The van der Waals surface area contributed by atoms with Gasteiger partial charge in [-0.15, -0.1) is 0 Å². The Hall–Kier alpha value is -1.86. The number of hydrogen-bond acceptors (Lipinski definition) is 4. The van der Waals surface area contributed by atoms with Crippen LogP contribution in [0.4, 0.5) is 0 Å². The molecule has 1 aromatic rings. The Morgan fingerprint density at radius 3 is 2.55 bits per heavy atom. The molecular formula is C15H24N3O4+. The van der Waals surface area contributed by atoms with Crippen LogP contribution in [0.15, 0.2) is 22.8 Å². The largest absolute Gasteiger partial charge is 0.467 e. The quantitative estimate of drug-likeness (QED) is 0.558. The maximum Gasteiger partial charge on any atom is 0.220 e. The standard InChI is InChI=1S/C15H23N3O4/c19-14(16-5-6-18-7-10-21-11-8-18)3-4-15(20)17-12-13-2-1-9-22-13/h1-2,9H,3-8,10-12H2,(H,16,19)(H,17,20)/p+1. The maximum atomic E-state index is 11.7. The lowest BCUT2D eigenvalue weighted by molar-refractivity contribution is -0.906. The minimum Gasteiger partial charge on any atom is -0.467 e. The van der Waals surface area contributed by atoms with E-state index in [1.165, 1.54) is 4.90 Å². The monoisotopic (exact) mass is 310 g/mol. The molecule has 2 rings (SSSR count). The molecule has 2 heterocycles. The third-order valence-corrected chi connectivity index (χ3v) is 3.62. The fourth-order valence-corrected chi connectivity index (χ4v) is 2.29. The summed E-state index contributed by atoms with van der Waals surface area (Å²) >= 11 is 0. The van der Waals surface area contributed by atoms with E-state index in [0.717, 1.165) is 32.8 Å². The summed E-state index contributed by atoms with van der Waals surface area (Å²) in [6, 6.07) is 3.56. The molecule has 1 saturated heterocycles. The van der Waals surface area contributed by atoms with E-state index in [9.17, 15) is 9.59 Å². The molecule has 22 heavy (non-hydrogen) atoms. The Labute approximate surface area is 130 Å². The summed E-state index contributed by atoms with van der Waals surface area (Å²) in [6.07, 6.45) is 1.96. The van der Waals surface area contributed by atoms with Crippen molar-refractivity contribution in [1.29, 1.82) is 0 Å². The number of carbonyl (C=O) groups is 2. The highest BCUT2D eigenvalue weighted by Gasteiger charge is 2.13. The van der Waals surface area contributed by atoms with E-state index in [1.807, 2.05) is 0 Å². The second-order valence-corrected chi connectivity index (χ2v) is 5.32. The molecule has 0 radical (unpaired) electrons. The molecule has 0 aliphatic carbocycles. The predicted octanol–water partition coefficient (Wildman–Crippen LogP) is -1.29. The van der Waals surface area contributed by atoms with Crippen LogP contribution >= 0.6 is 0 Å². The fourth-order valence-electron chi connectivity index (χ4n) is 2.29. The van der Waals surface area contributed by atoms with Gasteiger partial charge in [0.05, 0.1) is 39.1 Å². The van der Waals surface area contributed by atoms with E-state index in [1.54, 1.807) is 18.4 Å². The molecule has 1 aliphatic heterocycles. The summed E-state index contributed by atoms with van der Waals surface area (Å²) in [5, 5.41) is 5.57. The lowest BCUT2D eigenvalue weighted by atomic mass is 10.2. The molecule has 0 bridgehead atoms. The van der Waals surface area contributed by atoms with Crippen LogP contribution in [0.2, 0.25) is 0 Å². The molecule has 2 amide bonds. The van der Waals surface area contributed by atoms with Crippen molar-refractivity contribution in [2.45, 2.75) is 19.4 Å². The van der Waals surface area contributed by atoms with E-state index >= 15 is 0 Å². The van der Waals surface area contributed by atoms with Crippen LogP contribution in [-0.2, 0) is 20.9 Å². The summed E-state index contributed by atoms with van der Waals surface area (Å²) < 4.78 is 10.4. The highest BCUT2D eigenvalue weighted by Crippen LogP contribution is 1.99. The summed E-state index contributed by atoms with van der Waals surface area (Å²) in [7, 11) is 0. The van der Waals surface area contributed by atoms with Gasteiger partial charge in [0.1, 0.15) is 18.8 Å². The normalized spacial score (nSPS) is 15.5. The molecule has 122 valence electrons. The lowest BCUT2D eigenvalue weighted by Gasteiger charge is -2.23. The Kier molecular flexibility index (Phi) is 6.92. The third-order valence-electron chi connectivity index (χ3n) is 3.62. The van der Waals surface area contributed by atoms with Gasteiger partial charge in [-0.25, -0.2) is 0 Å². The average molecular weight is 310 g/mol. The minimum atomic E-state index is -0.148. The SMILES string of the molecule is O=C(CCC(=O)NCc1ccco1)NCC[NH+]1CCOCC1. The number of morpholine rings is 1.